The van der Waals surface area contributed by atoms with Crippen LogP contribution < -0.4 is 0 Å². The summed E-state index contributed by atoms with van der Waals surface area (Å²) in [5, 5.41) is 4.56. The fraction of sp³-hybridized carbons (Fsp3) is 0.400. The van der Waals surface area contributed by atoms with Gasteiger partial charge in [0.2, 0.25) is 0 Å². The first-order valence-corrected chi connectivity index (χ1v) is 9.15. The van der Waals surface area contributed by atoms with Crippen molar-refractivity contribution in [3.05, 3.63) is 53.6 Å². The summed E-state index contributed by atoms with van der Waals surface area (Å²) in [6.07, 6.45) is 4.75. The molecule has 0 saturated carbocycles. The second kappa shape index (κ2) is 6.86. The number of aromatic nitrogens is 4. The van der Waals surface area contributed by atoms with Crippen molar-refractivity contribution in [2.75, 3.05) is 6.54 Å². The molecule has 134 valence electrons. The zero-order chi connectivity index (χ0) is 18.1. The van der Waals surface area contributed by atoms with E-state index in [4.69, 9.17) is 0 Å². The first-order chi connectivity index (χ1) is 12.6. The Labute approximate surface area is 152 Å². The molecule has 0 aliphatic carbocycles. The van der Waals surface area contributed by atoms with Crippen molar-refractivity contribution in [3.63, 3.8) is 0 Å². The predicted octanol–water partition coefficient (Wildman–Crippen LogP) is 3.14. The van der Waals surface area contributed by atoms with Crippen LogP contribution in [0.15, 0.2) is 36.5 Å². The van der Waals surface area contributed by atoms with Crippen molar-refractivity contribution >= 4 is 16.9 Å². The Hall–Kier alpha value is -2.76. The molecule has 0 spiro atoms. The number of carbonyl (C=O) groups is 1. The number of hydrogen-bond donors (Lipinski definition) is 0. The Kier molecular flexibility index (Phi) is 4.41. The van der Waals surface area contributed by atoms with Crippen LogP contribution in [0.25, 0.3) is 11.0 Å². The lowest BCUT2D eigenvalue weighted by Gasteiger charge is -2.35. The van der Waals surface area contributed by atoms with Crippen molar-refractivity contribution < 1.29 is 4.79 Å². The van der Waals surface area contributed by atoms with Crippen LogP contribution in [0.2, 0.25) is 0 Å². The first-order valence-electron chi connectivity index (χ1n) is 9.15. The van der Waals surface area contributed by atoms with Gasteiger partial charge in [0.15, 0.2) is 0 Å². The molecule has 0 unspecified atom stereocenters. The average Bonchev–Trinajstić information content (AvgIpc) is 2.98. The van der Waals surface area contributed by atoms with Gasteiger partial charge in [-0.3, -0.25) is 14.5 Å². The topological polar surface area (TPSA) is 63.9 Å². The monoisotopic (exact) mass is 349 g/mol. The largest absolute Gasteiger partial charge is 0.332 e. The molecule has 6 nitrogen and oxygen atoms in total. The van der Waals surface area contributed by atoms with E-state index in [1.165, 1.54) is 0 Å². The number of aryl methyl sites for hydroxylation is 2. The molecular weight excluding hydrogens is 326 g/mol. The van der Waals surface area contributed by atoms with Gasteiger partial charge in [-0.15, -0.1) is 0 Å². The molecule has 1 saturated heterocycles. The molecule has 1 atom stereocenters. The lowest BCUT2D eigenvalue weighted by Crippen LogP contribution is -2.46. The first kappa shape index (κ1) is 16.7. The molecule has 1 aliphatic rings. The van der Waals surface area contributed by atoms with Crippen LogP contribution in [-0.4, -0.2) is 43.1 Å². The van der Waals surface area contributed by atoms with Crippen LogP contribution in [0.1, 0.15) is 41.1 Å². The molecule has 2 aromatic heterocycles. The quantitative estimate of drug-likeness (QED) is 0.729. The van der Waals surface area contributed by atoms with Crippen molar-refractivity contribution in [3.8, 4) is 0 Å². The van der Waals surface area contributed by atoms with Gasteiger partial charge in [0.1, 0.15) is 5.69 Å². The molecule has 0 N–H and O–H groups in total. The van der Waals surface area contributed by atoms with Crippen molar-refractivity contribution in [1.29, 1.82) is 0 Å². The van der Waals surface area contributed by atoms with Gasteiger partial charge in [-0.2, -0.15) is 5.10 Å². The average molecular weight is 349 g/mol. The molecule has 1 aromatic carbocycles. The highest BCUT2D eigenvalue weighted by Gasteiger charge is 2.29. The zero-order valence-corrected chi connectivity index (χ0v) is 15.2. The molecule has 4 rings (SSSR count). The lowest BCUT2D eigenvalue weighted by molar-refractivity contribution is 0.0576. The van der Waals surface area contributed by atoms with E-state index in [-0.39, 0.29) is 11.9 Å². The normalized spacial score (nSPS) is 17.6. The molecule has 3 heterocycles. The Morgan fingerprint density at radius 1 is 1.19 bits per heavy atom. The van der Waals surface area contributed by atoms with Gasteiger partial charge in [0, 0.05) is 12.2 Å². The summed E-state index contributed by atoms with van der Waals surface area (Å²) in [4.78, 5) is 24.0. The van der Waals surface area contributed by atoms with Crippen molar-refractivity contribution in [1.82, 2.24) is 24.6 Å². The van der Waals surface area contributed by atoms with E-state index < -0.39 is 0 Å². The number of para-hydroxylation sites is 2. The lowest BCUT2D eigenvalue weighted by atomic mass is 10.0. The van der Waals surface area contributed by atoms with E-state index in [0.29, 0.717) is 5.69 Å². The number of likely N-dealkylation sites (tertiary alicyclic amines) is 1. The Morgan fingerprint density at radius 2 is 2.00 bits per heavy atom. The van der Waals surface area contributed by atoms with Gasteiger partial charge >= 0.3 is 0 Å². The van der Waals surface area contributed by atoms with Gasteiger partial charge in [0.25, 0.3) is 5.91 Å². The SMILES string of the molecule is Cc1cc(C)n(C[C@H]2CCCCN2C(=O)c2cnc3ccccc3n2)n1. The minimum absolute atomic E-state index is 0.0329. The van der Waals surface area contributed by atoms with Crippen LogP contribution >= 0.6 is 0 Å². The van der Waals surface area contributed by atoms with E-state index in [1.807, 2.05) is 40.8 Å². The molecule has 3 aromatic rings. The molecule has 26 heavy (non-hydrogen) atoms. The maximum absolute atomic E-state index is 13.1. The zero-order valence-electron chi connectivity index (χ0n) is 15.2. The molecule has 1 aliphatic heterocycles. The third-order valence-corrected chi connectivity index (χ3v) is 5.04. The molecule has 6 heteroatoms. The van der Waals surface area contributed by atoms with E-state index in [1.54, 1.807) is 6.20 Å². The maximum Gasteiger partial charge on any atom is 0.274 e. The molecule has 1 fully saturated rings. The van der Waals surface area contributed by atoms with Gasteiger partial charge in [-0.05, 0) is 51.3 Å². The van der Waals surface area contributed by atoms with Gasteiger partial charge in [-0.25, -0.2) is 4.98 Å². The highest BCUT2D eigenvalue weighted by atomic mass is 16.2. The number of fused-ring (bicyclic) bond motifs is 1. The standard InChI is InChI=1S/C20H23N5O/c1-14-11-15(2)25(23-14)13-16-7-5-6-10-24(16)20(26)19-12-21-17-8-3-4-9-18(17)22-19/h3-4,8-9,11-12,16H,5-7,10,13H2,1-2H3/t16-/m1/s1. The molecule has 1 amide bonds. The number of benzene rings is 1. The second-order valence-corrected chi connectivity index (χ2v) is 7.00. The van der Waals surface area contributed by atoms with E-state index >= 15 is 0 Å². The predicted molar refractivity (Wildman–Crippen MR) is 99.9 cm³/mol. The number of amides is 1. The number of hydrogen-bond acceptors (Lipinski definition) is 4. The minimum atomic E-state index is -0.0329. The molecule has 0 bridgehead atoms. The van der Waals surface area contributed by atoms with E-state index in [9.17, 15) is 4.79 Å². The van der Waals surface area contributed by atoms with E-state index in [2.05, 4.69) is 28.1 Å². The second-order valence-electron chi connectivity index (χ2n) is 7.00. The number of nitrogens with zero attached hydrogens (tertiary/aromatic N) is 5. The summed E-state index contributed by atoms with van der Waals surface area (Å²) in [7, 11) is 0. The summed E-state index contributed by atoms with van der Waals surface area (Å²) in [6, 6.07) is 9.85. The summed E-state index contributed by atoms with van der Waals surface area (Å²) >= 11 is 0. The summed E-state index contributed by atoms with van der Waals surface area (Å²) in [5.41, 5.74) is 4.12. The van der Waals surface area contributed by atoms with Gasteiger partial charge in [0.05, 0.1) is 35.5 Å². The van der Waals surface area contributed by atoms with E-state index in [0.717, 1.165) is 54.8 Å². The van der Waals surface area contributed by atoms with Crippen LogP contribution in [0.3, 0.4) is 0 Å². The number of piperidine rings is 1. The number of rotatable bonds is 3. The highest BCUT2D eigenvalue weighted by molar-refractivity contribution is 5.94. The van der Waals surface area contributed by atoms with Gasteiger partial charge < -0.3 is 4.90 Å². The fourth-order valence-electron chi connectivity index (χ4n) is 3.72. The van der Waals surface area contributed by atoms with Crippen molar-refractivity contribution in [2.24, 2.45) is 0 Å². The summed E-state index contributed by atoms with van der Waals surface area (Å²) in [6.45, 7) is 5.55. The number of carbonyl (C=O) groups excluding carboxylic acids is 1. The smallest absolute Gasteiger partial charge is 0.274 e. The molecule has 0 radical (unpaired) electrons. The van der Waals surface area contributed by atoms with Crippen LogP contribution in [0.5, 0.6) is 0 Å². The third-order valence-electron chi connectivity index (χ3n) is 5.04. The Balaban J connectivity index is 1.60. The third kappa shape index (κ3) is 3.19. The van der Waals surface area contributed by atoms with Crippen LogP contribution in [-0.2, 0) is 6.54 Å². The van der Waals surface area contributed by atoms with Crippen molar-refractivity contribution in [2.45, 2.75) is 45.7 Å². The Bertz CT molecular complexity index is 948. The van der Waals surface area contributed by atoms with Gasteiger partial charge in [-0.1, -0.05) is 12.1 Å². The Morgan fingerprint density at radius 3 is 2.77 bits per heavy atom. The summed E-state index contributed by atoms with van der Waals surface area (Å²) in [5.74, 6) is -0.0329. The fourth-order valence-corrected chi connectivity index (χ4v) is 3.72. The molecular formula is C20H23N5O. The summed E-state index contributed by atoms with van der Waals surface area (Å²) < 4.78 is 2.01. The maximum atomic E-state index is 13.1. The highest BCUT2D eigenvalue weighted by Crippen LogP contribution is 2.22. The van der Waals surface area contributed by atoms with Crippen LogP contribution in [0.4, 0.5) is 0 Å². The van der Waals surface area contributed by atoms with Crippen LogP contribution in [0, 0.1) is 13.8 Å². The minimum Gasteiger partial charge on any atom is -0.332 e.